The first-order valence-corrected chi connectivity index (χ1v) is 11.0. The van der Waals surface area contributed by atoms with Crippen LogP contribution in [0.15, 0.2) is 29.2 Å². The van der Waals surface area contributed by atoms with Crippen molar-refractivity contribution in [2.24, 2.45) is 5.92 Å². The lowest BCUT2D eigenvalue weighted by atomic mass is 10.1. The minimum atomic E-state index is -3.53. The molecule has 0 saturated carbocycles. The monoisotopic (exact) mass is 395 g/mol. The Balaban J connectivity index is 1.92. The highest BCUT2D eigenvalue weighted by Crippen LogP contribution is 2.21. The van der Waals surface area contributed by atoms with E-state index in [9.17, 15) is 18.0 Å². The van der Waals surface area contributed by atoms with Gasteiger partial charge in [0.1, 0.15) is 0 Å². The number of sulfonamides is 1. The van der Waals surface area contributed by atoms with Crippen molar-refractivity contribution in [3.8, 4) is 0 Å². The molecular formula is C19H29N3O4S. The van der Waals surface area contributed by atoms with Crippen LogP contribution in [-0.2, 0) is 19.6 Å². The minimum absolute atomic E-state index is 0.0168. The summed E-state index contributed by atoms with van der Waals surface area (Å²) < 4.78 is 26.9. The van der Waals surface area contributed by atoms with Crippen LogP contribution >= 0.6 is 0 Å². The van der Waals surface area contributed by atoms with Gasteiger partial charge in [-0.15, -0.1) is 0 Å². The van der Waals surface area contributed by atoms with Gasteiger partial charge < -0.3 is 10.2 Å². The van der Waals surface area contributed by atoms with Crippen LogP contribution in [0.25, 0.3) is 0 Å². The van der Waals surface area contributed by atoms with Gasteiger partial charge in [0, 0.05) is 31.7 Å². The Kier molecular flexibility index (Phi) is 7.79. The van der Waals surface area contributed by atoms with E-state index in [0.29, 0.717) is 25.3 Å². The summed E-state index contributed by atoms with van der Waals surface area (Å²) >= 11 is 0. The predicted molar refractivity (Wildman–Crippen MR) is 105 cm³/mol. The fourth-order valence-electron chi connectivity index (χ4n) is 2.94. The summed E-state index contributed by atoms with van der Waals surface area (Å²) in [6, 6.07) is 6.07. The Morgan fingerprint density at radius 3 is 2.44 bits per heavy atom. The maximum absolute atomic E-state index is 12.4. The molecule has 1 aliphatic rings. The zero-order valence-electron chi connectivity index (χ0n) is 16.0. The molecule has 1 atom stereocenters. The number of hydrogen-bond donors (Lipinski definition) is 2. The second-order valence-corrected chi connectivity index (χ2v) is 8.63. The van der Waals surface area contributed by atoms with E-state index in [1.165, 1.54) is 12.1 Å². The molecule has 1 aromatic rings. The number of nitrogens with zero attached hydrogens (tertiary/aromatic N) is 1. The van der Waals surface area contributed by atoms with E-state index in [1.54, 1.807) is 17.0 Å². The number of hydrogen-bond acceptors (Lipinski definition) is 4. The van der Waals surface area contributed by atoms with Crippen LogP contribution in [0.2, 0.25) is 0 Å². The Morgan fingerprint density at radius 1 is 1.15 bits per heavy atom. The molecule has 1 aromatic carbocycles. The van der Waals surface area contributed by atoms with E-state index < -0.39 is 10.0 Å². The van der Waals surface area contributed by atoms with Crippen molar-refractivity contribution in [3.63, 3.8) is 0 Å². The maximum Gasteiger partial charge on any atom is 0.240 e. The molecule has 0 aliphatic carbocycles. The Labute approximate surface area is 161 Å². The van der Waals surface area contributed by atoms with Gasteiger partial charge in [0.2, 0.25) is 21.8 Å². The SMILES string of the molecule is CCCCNS(=O)(=O)c1ccc(NC(=O)C2CC(=O)N(CCCC)C2)cc1. The summed E-state index contributed by atoms with van der Waals surface area (Å²) in [5, 5.41) is 2.78. The molecule has 1 fully saturated rings. The molecule has 0 radical (unpaired) electrons. The number of carbonyl (C=O) groups excluding carboxylic acids is 2. The summed E-state index contributed by atoms with van der Waals surface area (Å²) in [5.74, 6) is -0.560. The summed E-state index contributed by atoms with van der Waals surface area (Å²) in [6.45, 7) is 5.59. The first kappa shape index (κ1) is 21.4. The number of rotatable bonds is 10. The van der Waals surface area contributed by atoms with Crippen LogP contribution < -0.4 is 10.0 Å². The maximum atomic E-state index is 12.4. The standard InChI is InChI=1S/C19H29N3O4S/c1-3-5-11-20-27(25,26)17-9-7-16(8-10-17)21-19(24)15-13-18(23)22(14-15)12-6-4-2/h7-10,15,20H,3-6,11-14H2,1-2H3,(H,21,24). The number of unbranched alkanes of at least 4 members (excludes halogenated alkanes) is 2. The van der Waals surface area contributed by atoms with Gasteiger partial charge in [-0.05, 0) is 37.1 Å². The van der Waals surface area contributed by atoms with Crippen molar-refractivity contribution in [2.75, 3.05) is 25.0 Å². The molecule has 0 aromatic heterocycles. The first-order chi connectivity index (χ1) is 12.9. The smallest absolute Gasteiger partial charge is 0.240 e. The van der Waals surface area contributed by atoms with E-state index in [0.717, 1.165) is 25.7 Å². The van der Waals surface area contributed by atoms with Gasteiger partial charge in [-0.1, -0.05) is 26.7 Å². The molecule has 1 unspecified atom stereocenters. The molecule has 150 valence electrons. The van der Waals surface area contributed by atoms with E-state index in [-0.39, 0.29) is 29.0 Å². The van der Waals surface area contributed by atoms with Crippen LogP contribution in [0, 0.1) is 5.92 Å². The van der Waals surface area contributed by atoms with Gasteiger partial charge in [0.05, 0.1) is 10.8 Å². The van der Waals surface area contributed by atoms with Gasteiger partial charge in [0.25, 0.3) is 0 Å². The first-order valence-electron chi connectivity index (χ1n) is 9.55. The lowest BCUT2D eigenvalue weighted by Crippen LogP contribution is -2.29. The number of nitrogens with one attached hydrogen (secondary N) is 2. The van der Waals surface area contributed by atoms with Crippen molar-refractivity contribution in [1.82, 2.24) is 9.62 Å². The number of benzene rings is 1. The lowest BCUT2D eigenvalue weighted by molar-refractivity contribution is -0.128. The van der Waals surface area contributed by atoms with Crippen molar-refractivity contribution in [2.45, 2.75) is 50.8 Å². The van der Waals surface area contributed by atoms with Gasteiger partial charge in [-0.3, -0.25) is 9.59 Å². The van der Waals surface area contributed by atoms with Crippen LogP contribution in [0.5, 0.6) is 0 Å². The molecule has 2 amide bonds. The highest BCUT2D eigenvalue weighted by Gasteiger charge is 2.33. The summed E-state index contributed by atoms with van der Waals surface area (Å²) in [6.07, 6.45) is 3.85. The predicted octanol–water partition coefficient (Wildman–Crippen LogP) is 2.35. The molecule has 0 spiro atoms. The zero-order chi connectivity index (χ0) is 19.9. The quantitative estimate of drug-likeness (QED) is 0.595. The molecule has 1 heterocycles. The third-order valence-corrected chi connectivity index (χ3v) is 6.10. The molecule has 2 N–H and O–H groups in total. The second kappa shape index (κ2) is 9.85. The molecule has 1 aliphatic heterocycles. The summed E-state index contributed by atoms with van der Waals surface area (Å²) in [4.78, 5) is 26.3. The topological polar surface area (TPSA) is 95.6 Å². The van der Waals surface area contributed by atoms with E-state index >= 15 is 0 Å². The lowest BCUT2D eigenvalue weighted by Gasteiger charge is -2.16. The third kappa shape index (κ3) is 6.04. The van der Waals surface area contributed by atoms with E-state index in [1.807, 2.05) is 6.92 Å². The molecule has 1 saturated heterocycles. The normalized spacial score (nSPS) is 17.3. The van der Waals surface area contributed by atoms with Gasteiger partial charge >= 0.3 is 0 Å². The van der Waals surface area contributed by atoms with Crippen LogP contribution in [0.1, 0.15) is 46.0 Å². The van der Waals surface area contributed by atoms with Crippen LogP contribution in [0.3, 0.4) is 0 Å². The number of carbonyl (C=O) groups is 2. The van der Waals surface area contributed by atoms with E-state index in [4.69, 9.17) is 0 Å². The van der Waals surface area contributed by atoms with Crippen molar-refractivity contribution >= 4 is 27.5 Å². The van der Waals surface area contributed by atoms with Crippen LogP contribution in [0.4, 0.5) is 5.69 Å². The van der Waals surface area contributed by atoms with Gasteiger partial charge in [-0.25, -0.2) is 13.1 Å². The van der Waals surface area contributed by atoms with Gasteiger partial charge in [-0.2, -0.15) is 0 Å². The largest absolute Gasteiger partial charge is 0.342 e. The number of likely N-dealkylation sites (tertiary alicyclic amines) is 1. The average Bonchev–Trinajstić information content (AvgIpc) is 3.01. The fraction of sp³-hybridized carbons (Fsp3) is 0.579. The minimum Gasteiger partial charge on any atom is -0.342 e. The fourth-order valence-corrected chi connectivity index (χ4v) is 4.02. The highest BCUT2D eigenvalue weighted by molar-refractivity contribution is 7.89. The molecule has 2 rings (SSSR count). The number of amides is 2. The molecule has 27 heavy (non-hydrogen) atoms. The molecule has 7 nitrogen and oxygen atoms in total. The molecule has 8 heteroatoms. The van der Waals surface area contributed by atoms with Crippen LogP contribution in [-0.4, -0.2) is 44.8 Å². The summed E-state index contributed by atoms with van der Waals surface area (Å²) in [5.41, 5.74) is 0.520. The second-order valence-electron chi connectivity index (χ2n) is 6.86. The van der Waals surface area contributed by atoms with Gasteiger partial charge in [0.15, 0.2) is 0 Å². The van der Waals surface area contributed by atoms with Crippen molar-refractivity contribution in [1.29, 1.82) is 0 Å². The molecule has 0 bridgehead atoms. The molecular weight excluding hydrogens is 366 g/mol. The highest BCUT2D eigenvalue weighted by atomic mass is 32.2. The Bertz CT molecular complexity index is 747. The summed E-state index contributed by atoms with van der Waals surface area (Å²) in [7, 11) is -3.53. The van der Waals surface area contributed by atoms with E-state index in [2.05, 4.69) is 17.0 Å². The third-order valence-electron chi connectivity index (χ3n) is 4.62. The Morgan fingerprint density at radius 2 is 1.81 bits per heavy atom. The Hall–Kier alpha value is -1.93. The van der Waals surface area contributed by atoms with Crippen molar-refractivity contribution < 1.29 is 18.0 Å². The average molecular weight is 396 g/mol. The zero-order valence-corrected chi connectivity index (χ0v) is 16.8. The van der Waals surface area contributed by atoms with Crippen molar-refractivity contribution in [3.05, 3.63) is 24.3 Å². The number of anilines is 1.